The van der Waals surface area contributed by atoms with Gasteiger partial charge in [0.05, 0.1) is 11.3 Å². The lowest BCUT2D eigenvalue weighted by atomic mass is 10.1. The van der Waals surface area contributed by atoms with E-state index in [1.165, 1.54) is 0 Å². The Balaban J connectivity index is 1.61. The summed E-state index contributed by atoms with van der Waals surface area (Å²) in [5.74, 6) is -0.896. The molecule has 0 heterocycles. The van der Waals surface area contributed by atoms with Crippen LogP contribution in [0.2, 0.25) is 0 Å². The lowest BCUT2D eigenvalue weighted by Crippen LogP contribution is -2.35. The SMILES string of the molecule is C[C@@H](OC(=O)c1ccccc1Nc1ccccc1)C(=O)NCc1ccccc1. The van der Waals surface area contributed by atoms with Crippen molar-refractivity contribution in [1.29, 1.82) is 0 Å². The maximum atomic E-state index is 12.6. The van der Waals surface area contributed by atoms with Crippen LogP contribution in [0.3, 0.4) is 0 Å². The van der Waals surface area contributed by atoms with Gasteiger partial charge in [0, 0.05) is 12.2 Å². The number of anilines is 2. The number of hydrogen-bond acceptors (Lipinski definition) is 4. The largest absolute Gasteiger partial charge is 0.449 e. The van der Waals surface area contributed by atoms with Crippen LogP contribution in [0.5, 0.6) is 0 Å². The van der Waals surface area contributed by atoms with Crippen LogP contribution in [0, 0.1) is 0 Å². The highest BCUT2D eigenvalue weighted by Gasteiger charge is 2.20. The Morgan fingerprint density at radius 2 is 1.46 bits per heavy atom. The quantitative estimate of drug-likeness (QED) is 0.606. The highest BCUT2D eigenvalue weighted by atomic mass is 16.5. The van der Waals surface area contributed by atoms with Gasteiger partial charge in [-0.25, -0.2) is 4.79 Å². The van der Waals surface area contributed by atoms with Gasteiger partial charge >= 0.3 is 5.97 Å². The molecule has 0 aromatic heterocycles. The molecule has 3 aromatic carbocycles. The monoisotopic (exact) mass is 374 g/mol. The number of rotatable bonds is 7. The number of para-hydroxylation sites is 2. The standard InChI is InChI=1S/C23H22N2O3/c1-17(22(26)24-16-18-10-4-2-5-11-18)28-23(27)20-14-8-9-15-21(20)25-19-12-6-3-7-13-19/h2-15,17,25H,16H2,1H3,(H,24,26)/t17-/m1/s1. The Kier molecular flexibility index (Phi) is 6.41. The second-order valence-corrected chi connectivity index (χ2v) is 6.29. The maximum Gasteiger partial charge on any atom is 0.341 e. The van der Waals surface area contributed by atoms with E-state index < -0.39 is 12.1 Å². The molecule has 0 saturated heterocycles. The Morgan fingerprint density at radius 1 is 0.857 bits per heavy atom. The minimum absolute atomic E-state index is 0.342. The van der Waals surface area contributed by atoms with Crippen molar-refractivity contribution in [3.8, 4) is 0 Å². The van der Waals surface area contributed by atoms with Crippen molar-refractivity contribution in [2.24, 2.45) is 0 Å². The lowest BCUT2D eigenvalue weighted by Gasteiger charge is -2.16. The summed E-state index contributed by atoms with van der Waals surface area (Å²) >= 11 is 0. The van der Waals surface area contributed by atoms with E-state index in [-0.39, 0.29) is 5.91 Å². The van der Waals surface area contributed by atoms with Crippen molar-refractivity contribution in [1.82, 2.24) is 5.32 Å². The van der Waals surface area contributed by atoms with Crippen molar-refractivity contribution in [2.75, 3.05) is 5.32 Å². The first-order valence-electron chi connectivity index (χ1n) is 9.07. The summed E-state index contributed by atoms with van der Waals surface area (Å²) in [5, 5.41) is 5.98. The van der Waals surface area contributed by atoms with E-state index in [2.05, 4.69) is 10.6 Å². The molecule has 0 saturated carbocycles. The molecule has 0 aliphatic carbocycles. The summed E-state index contributed by atoms with van der Waals surface area (Å²) < 4.78 is 5.37. The molecule has 0 radical (unpaired) electrons. The van der Waals surface area contributed by atoms with Gasteiger partial charge in [-0.3, -0.25) is 4.79 Å². The number of nitrogens with one attached hydrogen (secondary N) is 2. The first kappa shape index (κ1) is 19.2. The van der Waals surface area contributed by atoms with Crippen molar-refractivity contribution in [3.63, 3.8) is 0 Å². The summed E-state index contributed by atoms with van der Waals surface area (Å²) in [5.41, 5.74) is 2.83. The highest BCUT2D eigenvalue weighted by Crippen LogP contribution is 2.21. The fourth-order valence-electron chi connectivity index (χ4n) is 2.65. The minimum Gasteiger partial charge on any atom is -0.449 e. The number of hydrogen-bond donors (Lipinski definition) is 2. The van der Waals surface area contributed by atoms with Gasteiger partial charge < -0.3 is 15.4 Å². The van der Waals surface area contributed by atoms with E-state index in [4.69, 9.17) is 4.74 Å². The Bertz CT molecular complexity index is 927. The maximum absolute atomic E-state index is 12.6. The number of ether oxygens (including phenoxy) is 1. The van der Waals surface area contributed by atoms with E-state index in [0.717, 1.165) is 11.3 Å². The van der Waals surface area contributed by atoms with E-state index in [1.807, 2.05) is 66.7 Å². The van der Waals surface area contributed by atoms with E-state index in [1.54, 1.807) is 25.1 Å². The molecule has 0 aliphatic rings. The molecule has 28 heavy (non-hydrogen) atoms. The fraction of sp³-hybridized carbons (Fsp3) is 0.130. The van der Waals surface area contributed by atoms with Crippen LogP contribution < -0.4 is 10.6 Å². The minimum atomic E-state index is -0.902. The lowest BCUT2D eigenvalue weighted by molar-refractivity contribution is -0.129. The molecule has 142 valence electrons. The third kappa shape index (κ3) is 5.20. The summed E-state index contributed by atoms with van der Waals surface area (Å²) in [6.07, 6.45) is -0.902. The molecular weight excluding hydrogens is 352 g/mol. The summed E-state index contributed by atoms with van der Waals surface area (Å²) in [6.45, 7) is 1.94. The van der Waals surface area contributed by atoms with Gasteiger partial charge in [0.15, 0.2) is 6.10 Å². The van der Waals surface area contributed by atoms with E-state index in [9.17, 15) is 9.59 Å². The van der Waals surface area contributed by atoms with Crippen molar-refractivity contribution in [2.45, 2.75) is 19.6 Å². The molecule has 1 atom stereocenters. The predicted molar refractivity (Wildman–Crippen MR) is 109 cm³/mol. The molecular formula is C23H22N2O3. The molecule has 2 N–H and O–H groups in total. The highest BCUT2D eigenvalue weighted by molar-refractivity contribution is 5.98. The van der Waals surface area contributed by atoms with Gasteiger partial charge in [0.1, 0.15) is 0 Å². The van der Waals surface area contributed by atoms with Gasteiger partial charge in [-0.2, -0.15) is 0 Å². The number of esters is 1. The zero-order valence-electron chi connectivity index (χ0n) is 15.6. The average molecular weight is 374 g/mol. The van der Waals surface area contributed by atoms with Gasteiger partial charge in [-0.1, -0.05) is 60.7 Å². The van der Waals surface area contributed by atoms with E-state index >= 15 is 0 Å². The second-order valence-electron chi connectivity index (χ2n) is 6.29. The average Bonchev–Trinajstić information content (AvgIpc) is 2.73. The molecule has 0 aliphatic heterocycles. The van der Waals surface area contributed by atoms with Crippen LogP contribution in [0.4, 0.5) is 11.4 Å². The van der Waals surface area contributed by atoms with Gasteiger partial charge in [0.2, 0.25) is 0 Å². The van der Waals surface area contributed by atoms with E-state index in [0.29, 0.717) is 17.8 Å². The summed E-state index contributed by atoms with van der Waals surface area (Å²) in [6, 6.07) is 26.1. The molecule has 0 spiro atoms. The van der Waals surface area contributed by atoms with Crippen LogP contribution in [0.25, 0.3) is 0 Å². The van der Waals surface area contributed by atoms with Gasteiger partial charge in [-0.15, -0.1) is 0 Å². The second kappa shape index (κ2) is 9.37. The number of amides is 1. The van der Waals surface area contributed by atoms with Crippen molar-refractivity contribution >= 4 is 23.3 Å². The van der Waals surface area contributed by atoms with Crippen LogP contribution >= 0.6 is 0 Å². The number of benzene rings is 3. The molecule has 3 rings (SSSR count). The van der Waals surface area contributed by atoms with Crippen molar-refractivity contribution in [3.05, 3.63) is 96.1 Å². The van der Waals surface area contributed by atoms with Crippen LogP contribution in [-0.2, 0) is 16.1 Å². The van der Waals surface area contributed by atoms with Gasteiger partial charge in [0.25, 0.3) is 5.91 Å². The Morgan fingerprint density at radius 3 is 2.18 bits per heavy atom. The third-order valence-electron chi connectivity index (χ3n) is 4.16. The molecule has 0 bridgehead atoms. The summed E-state index contributed by atoms with van der Waals surface area (Å²) in [4.78, 5) is 24.9. The first-order valence-corrected chi connectivity index (χ1v) is 9.07. The summed E-state index contributed by atoms with van der Waals surface area (Å²) in [7, 11) is 0. The fourth-order valence-corrected chi connectivity index (χ4v) is 2.65. The topological polar surface area (TPSA) is 67.4 Å². The number of carbonyl (C=O) groups excluding carboxylic acids is 2. The normalized spacial score (nSPS) is 11.3. The predicted octanol–water partition coefficient (Wildman–Crippen LogP) is 4.29. The van der Waals surface area contributed by atoms with Crippen LogP contribution in [0.15, 0.2) is 84.9 Å². The van der Waals surface area contributed by atoms with Gasteiger partial charge in [-0.05, 0) is 36.8 Å². The number of carbonyl (C=O) groups is 2. The first-order chi connectivity index (χ1) is 13.6. The smallest absolute Gasteiger partial charge is 0.341 e. The van der Waals surface area contributed by atoms with Crippen LogP contribution in [0.1, 0.15) is 22.8 Å². The molecule has 1 amide bonds. The zero-order valence-corrected chi connectivity index (χ0v) is 15.6. The molecule has 0 fully saturated rings. The van der Waals surface area contributed by atoms with Crippen molar-refractivity contribution < 1.29 is 14.3 Å². The Hall–Kier alpha value is -3.60. The molecule has 5 nitrogen and oxygen atoms in total. The Labute approximate surface area is 164 Å². The zero-order chi connectivity index (χ0) is 19.8. The molecule has 3 aromatic rings. The third-order valence-corrected chi connectivity index (χ3v) is 4.16. The molecule has 0 unspecified atom stereocenters. The van der Waals surface area contributed by atoms with Crippen LogP contribution in [-0.4, -0.2) is 18.0 Å². The molecule has 5 heteroatoms.